The maximum absolute atomic E-state index is 11.9. The maximum Gasteiger partial charge on any atom is 0.252 e. The van der Waals surface area contributed by atoms with Crippen LogP contribution >= 0.6 is 0 Å². The van der Waals surface area contributed by atoms with E-state index in [1.807, 2.05) is 42.7 Å². The number of aromatic nitrogens is 3. The fourth-order valence-corrected chi connectivity index (χ4v) is 4.58. The molecular formula is C26H28N6O2. The van der Waals surface area contributed by atoms with E-state index in [4.69, 9.17) is 20.4 Å². The quantitative estimate of drug-likeness (QED) is 0.591. The second-order valence-electron chi connectivity index (χ2n) is 8.39. The van der Waals surface area contributed by atoms with Gasteiger partial charge in [-0.2, -0.15) is 0 Å². The van der Waals surface area contributed by atoms with Crippen molar-refractivity contribution in [1.29, 1.82) is 0 Å². The van der Waals surface area contributed by atoms with E-state index in [1.54, 1.807) is 0 Å². The maximum atomic E-state index is 11.9. The zero-order valence-corrected chi connectivity index (χ0v) is 19.4. The number of allylic oxidation sites excluding steroid dienone is 2. The molecule has 2 aliphatic rings. The number of benzene rings is 1. The first-order valence-electron chi connectivity index (χ1n) is 11.5. The topological polar surface area (TPSA) is 98.3 Å². The second-order valence-corrected chi connectivity index (χ2v) is 8.39. The predicted molar refractivity (Wildman–Crippen MR) is 132 cm³/mol. The molecule has 3 aromatic rings. The van der Waals surface area contributed by atoms with Crippen LogP contribution in [0.2, 0.25) is 0 Å². The number of nitrogens with one attached hydrogen (secondary N) is 1. The molecular weight excluding hydrogens is 428 g/mol. The Labute approximate surface area is 198 Å². The summed E-state index contributed by atoms with van der Waals surface area (Å²) < 4.78 is 8.24. The lowest BCUT2D eigenvalue weighted by molar-refractivity contribution is 0.0965. The van der Waals surface area contributed by atoms with Crippen LogP contribution in [-0.2, 0) is 13.0 Å². The number of hydrogen-bond donors (Lipinski definition) is 2. The molecule has 0 radical (unpaired) electrons. The Morgan fingerprint density at radius 1 is 1.24 bits per heavy atom. The smallest absolute Gasteiger partial charge is 0.252 e. The standard InChI is InChI=1S/C26H28N6O2/c1-3-31-16-19(6-5-10-27)32-17(2)13-28-25(32)21-12-18(14-29-24(21)31)9-11-34-23-8-4-7-20-22(23)15-30-26(20)33/h4-8,10,12-14H,3,9,11,15-16,27H2,1-2H3,(H,30,33)/b10-5-,19-6+. The van der Waals surface area contributed by atoms with Crippen molar-refractivity contribution in [3.05, 3.63) is 77.4 Å². The number of aryl methyl sites for hydroxylation is 1. The largest absolute Gasteiger partial charge is 0.493 e. The summed E-state index contributed by atoms with van der Waals surface area (Å²) in [5.74, 6) is 2.51. The van der Waals surface area contributed by atoms with Crippen molar-refractivity contribution in [2.75, 3.05) is 24.6 Å². The molecule has 5 rings (SSSR count). The normalized spacial score (nSPS) is 15.8. The minimum absolute atomic E-state index is 0.0444. The number of anilines is 1. The molecule has 8 heteroatoms. The number of likely N-dealkylation sites (N-methyl/N-ethyl adjacent to an activating group) is 1. The van der Waals surface area contributed by atoms with E-state index in [9.17, 15) is 4.79 Å². The Morgan fingerprint density at radius 2 is 2.12 bits per heavy atom. The van der Waals surface area contributed by atoms with Crippen LogP contribution in [0.3, 0.4) is 0 Å². The van der Waals surface area contributed by atoms with Gasteiger partial charge in [0.2, 0.25) is 0 Å². The molecule has 0 saturated carbocycles. The van der Waals surface area contributed by atoms with E-state index in [2.05, 4.69) is 34.7 Å². The van der Waals surface area contributed by atoms with E-state index in [0.717, 1.165) is 52.0 Å². The monoisotopic (exact) mass is 456 g/mol. The molecule has 3 N–H and O–H groups in total. The first-order chi connectivity index (χ1) is 16.6. The van der Waals surface area contributed by atoms with E-state index < -0.39 is 0 Å². The van der Waals surface area contributed by atoms with Crippen molar-refractivity contribution in [3.63, 3.8) is 0 Å². The first-order valence-corrected chi connectivity index (χ1v) is 11.5. The number of amides is 1. The second kappa shape index (κ2) is 9.05. The molecule has 1 amide bonds. The zero-order valence-electron chi connectivity index (χ0n) is 19.4. The number of ether oxygens (including phenoxy) is 1. The summed E-state index contributed by atoms with van der Waals surface area (Å²) in [5.41, 5.74) is 11.5. The minimum atomic E-state index is -0.0444. The van der Waals surface area contributed by atoms with Crippen molar-refractivity contribution >= 4 is 17.4 Å². The summed E-state index contributed by atoms with van der Waals surface area (Å²) in [6.07, 6.45) is 9.91. The van der Waals surface area contributed by atoms with Crippen LogP contribution in [0.4, 0.5) is 5.82 Å². The Balaban J connectivity index is 1.43. The van der Waals surface area contributed by atoms with E-state index in [0.29, 0.717) is 31.7 Å². The Kier molecular flexibility index (Phi) is 5.79. The van der Waals surface area contributed by atoms with Gasteiger partial charge >= 0.3 is 0 Å². The molecule has 0 atom stereocenters. The van der Waals surface area contributed by atoms with Gasteiger partial charge in [-0.15, -0.1) is 0 Å². The third-order valence-corrected chi connectivity index (χ3v) is 6.28. The summed E-state index contributed by atoms with van der Waals surface area (Å²) in [5, 5.41) is 2.85. The highest BCUT2D eigenvalue weighted by Gasteiger charge is 2.26. The van der Waals surface area contributed by atoms with Gasteiger partial charge in [0.15, 0.2) is 0 Å². The molecule has 0 spiro atoms. The van der Waals surface area contributed by atoms with Gasteiger partial charge in [-0.05, 0) is 56.0 Å². The van der Waals surface area contributed by atoms with Crippen molar-refractivity contribution in [1.82, 2.24) is 19.9 Å². The number of nitrogens with zero attached hydrogens (tertiary/aromatic N) is 4. The molecule has 174 valence electrons. The summed E-state index contributed by atoms with van der Waals surface area (Å²) in [6, 6.07) is 7.76. The molecule has 2 aliphatic heterocycles. The molecule has 4 heterocycles. The van der Waals surface area contributed by atoms with Gasteiger partial charge < -0.3 is 20.7 Å². The minimum Gasteiger partial charge on any atom is -0.493 e. The highest BCUT2D eigenvalue weighted by Crippen LogP contribution is 2.35. The van der Waals surface area contributed by atoms with Crippen molar-refractivity contribution < 1.29 is 9.53 Å². The lowest BCUT2D eigenvalue weighted by Gasteiger charge is -2.22. The molecule has 0 bridgehead atoms. The lowest BCUT2D eigenvalue weighted by atomic mass is 10.1. The van der Waals surface area contributed by atoms with Crippen LogP contribution < -0.4 is 20.7 Å². The summed E-state index contributed by atoms with van der Waals surface area (Å²) in [6.45, 7) is 6.71. The van der Waals surface area contributed by atoms with Gasteiger partial charge in [-0.3, -0.25) is 9.36 Å². The number of carbonyl (C=O) groups is 1. The number of rotatable bonds is 6. The number of carbonyl (C=O) groups excluding carboxylic acids is 1. The summed E-state index contributed by atoms with van der Waals surface area (Å²) in [7, 11) is 0. The Bertz CT molecular complexity index is 1310. The Morgan fingerprint density at radius 3 is 2.94 bits per heavy atom. The molecule has 0 aliphatic carbocycles. The predicted octanol–water partition coefficient (Wildman–Crippen LogP) is 3.27. The Hall–Kier alpha value is -4.07. The summed E-state index contributed by atoms with van der Waals surface area (Å²) in [4.78, 5) is 23.7. The highest BCUT2D eigenvalue weighted by atomic mass is 16.5. The molecule has 8 nitrogen and oxygen atoms in total. The van der Waals surface area contributed by atoms with Crippen LogP contribution in [-0.4, -0.2) is 40.1 Å². The van der Waals surface area contributed by atoms with E-state index >= 15 is 0 Å². The highest BCUT2D eigenvalue weighted by molar-refractivity contribution is 5.99. The molecule has 34 heavy (non-hydrogen) atoms. The third kappa shape index (κ3) is 3.81. The van der Waals surface area contributed by atoms with Crippen LogP contribution in [0.5, 0.6) is 5.75 Å². The number of imidazole rings is 1. The van der Waals surface area contributed by atoms with Gasteiger partial charge in [-0.25, -0.2) is 9.97 Å². The average molecular weight is 457 g/mol. The van der Waals surface area contributed by atoms with E-state index in [-0.39, 0.29) is 5.91 Å². The number of hydrogen-bond acceptors (Lipinski definition) is 6. The fraction of sp³-hybridized carbons (Fsp3) is 0.269. The van der Waals surface area contributed by atoms with Gasteiger partial charge in [0.05, 0.1) is 18.7 Å². The van der Waals surface area contributed by atoms with Crippen LogP contribution in [0.25, 0.3) is 17.1 Å². The molecule has 0 unspecified atom stereocenters. The van der Waals surface area contributed by atoms with Gasteiger partial charge in [0, 0.05) is 54.4 Å². The van der Waals surface area contributed by atoms with Gasteiger partial charge in [0.1, 0.15) is 17.4 Å². The summed E-state index contributed by atoms with van der Waals surface area (Å²) >= 11 is 0. The van der Waals surface area contributed by atoms with Crippen molar-refractivity contribution in [2.45, 2.75) is 26.8 Å². The van der Waals surface area contributed by atoms with Crippen molar-refractivity contribution in [3.8, 4) is 17.1 Å². The first kappa shape index (κ1) is 21.8. The van der Waals surface area contributed by atoms with Crippen LogP contribution in [0.15, 0.2) is 55.0 Å². The number of pyridine rings is 1. The van der Waals surface area contributed by atoms with Gasteiger partial charge in [0.25, 0.3) is 5.91 Å². The molecule has 2 aromatic heterocycles. The fourth-order valence-electron chi connectivity index (χ4n) is 4.58. The lowest BCUT2D eigenvalue weighted by Crippen LogP contribution is -2.26. The van der Waals surface area contributed by atoms with Crippen LogP contribution in [0, 0.1) is 6.92 Å². The SMILES string of the molecule is CCN1C/C(=C\C=C/N)n2c(C)cnc2-c2cc(CCOc3cccc4c3CNC4=O)cnc21. The molecule has 0 saturated heterocycles. The molecule has 1 aromatic carbocycles. The number of nitrogens with two attached hydrogens (primary N) is 1. The zero-order chi connectivity index (χ0) is 23.7. The van der Waals surface area contributed by atoms with E-state index in [1.165, 1.54) is 6.20 Å². The van der Waals surface area contributed by atoms with Crippen LogP contribution in [0.1, 0.15) is 34.1 Å². The average Bonchev–Trinajstić information content (AvgIpc) is 3.39. The van der Waals surface area contributed by atoms with Gasteiger partial charge in [-0.1, -0.05) is 6.07 Å². The third-order valence-electron chi connectivity index (χ3n) is 6.28. The van der Waals surface area contributed by atoms with Crippen molar-refractivity contribution in [2.24, 2.45) is 5.73 Å². The molecule has 0 fully saturated rings. The number of fused-ring (bicyclic) bond motifs is 4.